The summed E-state index contributed by atoms with van der Waals surface area (Å²) in [6.45, 7) is 3.78. The van der Waals surface area contributed by atoms with Crippen LogP contribution >= 0.6 is 0 Å². The minimum absolute atomic E-state index is 0.0210. The van der Waals surface area contributed by atoms with Crippen LogP contribution in [0.4, 0.5) is 26.2 Å². The van der Waals surface area contributed by atoms with Crippen molar-refractivity contribution in [2.75, 3.05) is 69.0 Å². The van der Waals surface area contributed by atoms with Gasteiger partial charge in [-0.05, 0) is 54.1 Å². The number of nitrogens with zero attached hydrogens (tertiary/aromatic N) is 3. The van der Waals surface area contributed by atoms with Gasteiger partial charge in [0.15, 0.2) is 0 Å². The summed E-state index contributed by atoms with van der Waals surface area (Å²) in [7, 11) is 5.64. The number of benzene rings is 3. The van der Waals surface area contributed by atoms with Crippen molar-refractivity contribution < 1.29 is 13.9 Å². The molecule has 36 heavy (non-hydrogen) atoms. The van der Waals surface area contributed by atoms with E-state index in [1.807, 2.05) is 44.4 Å². The van der Waals surface area contributed by atoms with Crippen LogP contribution in [0.25, 0.3) is 0 Å². The summed E-state index contributed by atoms with van der Waals surface area (Å²) in [5, 5.41) is 5.94. The number of hydrogen-bond donors (Lipinski definition) is 2. The van der Waals surface area contributed by atoms with Gasteiger partial charge in [-0.25, -0.2) is 9.18 Å². The van der Waals surface area contributed by atoms with Crippen LogP contribution in [-0.4, -0.2) is 64.9 Å². The number of methoxy groups -OCH3 is 1. The van der Waals surface area contributed by atoms with E-state index in [0.29, 0.717) is 18.0 Å². The van der Waals surface area contributed by atoms with Crippen molar-refractivity contribution in [3.8, 4) is 5.75 Å². The van der Waals surface area contributed by atoms with Gasteiger partial charge in [-0.1, -0.05) is 18.2 Å². The van der Waals surface area contributed by atoms with Crippen molar-refractivity contribution in [3.05, 3.63) is 84.2 Å². The molecule has 0 spiro atoms. The van der Waals surface area contributed by atoms with Crippen molar-refractivity contribution >= 4 is 23.1 Å². The second kappa shape index (κ2) is 11.8. The maximum atomic E-state index is 13.3. The van der Waals surface area contributed by atoms with Gasteiger partial charge in [-0.3, -0.25) is 4.90 Å². The molecular weight excluding hydrogens is 457 g/mol. The molecule has 1 heterocycles. The minimum atomic E-state index is -0.261. The Hall–Kier alpha value is -3.78. The molecule has 1 unspecified atom stereocenters. The van der Waals surface area contributed by atoms with Crippen molar-refractivity contribution in [1.82, 2.24) is 10.2 Å². The van der Waals surface area contributed by atoms with Gasteiger partial charge in [0.05, 0.1) is 13.2 Å². The number of amides is 2. The highest BCUT2D eigenvalue weighted by Crippen LogP contribution is 2.26. The summed E-state index contributed by atoms with van der Waals surface area (Å²) >= 11 is 0. The number of carbonyl (C=O) groups is 1. The van der Waals surface area contributed by atoms with E-state index in [0.717, 1.165) is 43.1 Å². The largest absolute Gasteiger partial charge is 0.497 e. The molecule has 0 aliphatic carbocycles. The Morgan fingerprint density at radius 2 is 1.69 bits per heavy atom. The Kier molecular flexibility index (Phi) is 8.28. The zero-order valence-corrected chi connectivity index (χ0v) is 21.1. The van der Waals surface area contributed by atoms with Gasteiger partial charge in [0.25, 0.3) is 0 Å². The van der Waals surface area contributed by atoms with Crippen LogP contribution in [0.1, 0.15) is 11.6 Å². The molecule has 0 aromatic heterocycles. The maximum Gasteiger partial charge on any atom is 0.319 e. The first-order valence-electron chi connectivity index (χ1n) is 12.1. The summed E-state index contributed by atoms with van der Waals surface area (Å²) in [5.41, 5.74) is 3.98. The molecule has 1 atom stereocenters. The highest BCUT2D eigenvalue weighted by atomic mass is 19.1. The van der Waals surface area contributed by atoms with Crippen LogP contribution in [0.15, 0.2) is 72.8 Å². The van der Waals surface area contributed by atoms with E-state index in [-0.39, 0.29) is 17.9 Å². The molecule has 8 heteroatoms. The van der Waals surface area contributed by atoms with Gasteiger partial charge in [-0.2, -0.15) is 0 Å². The number of ether oxygens (including phenoxy) is 1. The molecule has 3 aromatic carbocycles. The average Bonchev–Trinajstić information content (AvgIpc) is 2.90. The van der Waals surface area contributed by atoms with Crippen LogP contribution in [0.2, 0.25) is 0 Å². The van der Waals surface area contributed by atoms with Crippen molar-refractivity contribution in [2.45, 2.75) is 6.04 Å². The molecule has 1 fully saturated rings. The number of anilines is 3. The fourth-order valence-corrected chi connectivity index (χ4v) is 4.46. The molecule has 1 saturated heterocycles. The highest BCUT2D eigenvalue weighted by Gasteiger charge is 2.26. The van der Waals surface area contributed by atoms with Gasteiger partial charge in [-0.15, -0.1) is 0 Å². The number of urea groups is 1. The maximum absolute atomic E-state index is 13.3. The summed E-state index contributed by atoms with van der Waals surface area (Å²) < 4.78 is 18.6. The third-order valence-corrected chi connectivity index (χ3v) is 6.52. The van der Waals surface area contributed by atoms with Gasteiger partial charge in [0, 0.05) is 69.9 Å². The number of rotatable bonds is 8. The predicted molar refractivity (Wildman–Crippen MR) is 144 cm³/mol. The fraction of sp³-hybridized carbons (Fsp3) is 0.321. The second-order valence-corrected chi connectivity index (χ2v) is 9.07. The van der Waals surface area contributed by atoms with E-state index < -0.39 is 0 Å². The molecule has 2 amide bonds. The monoisotopic (exact) mass is 491 g/mol. The van der Waals surface area contributed by atoms with Gasteiger partial charge in [0.1, 0.15) is 11.6 Å². The predicted octanol–water partition coefficient (Wildman–Crippen LogP) is 4.59. The van der Waals surface area contributed by atoms with Gasteiger partial charge in [0.2, 0.25) is 0 Å². The molecule has 7 nitrogen and oxygen atoms in total. The number of nitrogens with one attached hydrogen (secondary N) is 2. The quantitative estimate of drug-likeness (QED) is 0.483. The average molecular weight is 492 g/mol. The first kappa shape index (κ1) is 25.3. The molecule has 0 bridgehead atoms. The van der Waals surface area contributed by atoms with Crippen LogP contribution in [0, 0.1) is 5.82 Å². The van der Waals surface area contributed by atoms with E-state index in [2.05, 4.69) is 49.6 Å². The van der Waals surface area contributed by atoms with E-state index in [1.165, 1.54) is 12.1 Å². The Balaban J connectivity index is 1.43. The molecule has 1 aliphatic heterocycles. The lowest BCUT2D eigenvalue weighted by Gasteiger charge is -2.40. The lowest BCUT2D eigenvalue weighted by molar-refractivity contribution is 0.182. The number of carbonyl (C=O) groups excluding carboxylic acids is 1. The molecule has 1 aliphatic rings. The van der Waals surface area contributed by atoms with Crippen molar-refractivity contribution in [1.29, 1.82) is 0 Å². The first-order valence-corrected chi connectivity index (χ1v) is 12.1. The van der Waals surface area contributed by atoms with Crippen molar-refractivity contribution in [3.63, 3.8) is 0 Å². The topological polar surface area (TPSA) is 60.1 Å². The molecule has 2 N–H and O–H groups in total. The third kappa shape index (κ3) is 6.46. The van der Waals surface area contributed by atoms with Crippen LogP contribution in [0.5, 0.6) is 5.75 Å². The zero-order valence-electron chi connectivity index (χ0n) is 21.1. The van der Waals surface area contributed by atoms with Gasteiger partial charge >= 0.3 is 6.03 Å². The lowest BCUT2D eigenvalue weighted by Crippen LogP contribution is -2.50. The lowest BCUT2D eigenvalue weighted by atomic mass is 10.0. The highest BCUT2D eigenvalue weighted by molar-refractivity contribution is 5.89. The van der Waals surface area contributed by atoms with E-state index >= 15 is 0 Å². The normalized spacial score (nSPS) is 14.7. The molecule has 190 valence electrons. The molecular formula is C28H34FN5O2. The summed E-state index contributed by atoms with van der Waals surface area (Å²) in [6, 6.07) is 22.2. The second-order valence-electron chi connectivity index (χ2n) is 9.07. The van der Waals surface area contributed by atoms with Crippen LogP contribution in [0.3, 0.4) is 0 Å². The SMILES string of the molecule is COc1cccc(NC(=O)NCC(c2ccc(N(C)C)cc2)N2CCN(c3ccc(F)cc3)CC2)c1. The summed E-state index contributed by atoms with van der Waals surface area (Å²) in [5.74, 6) is 0.461. The number of piperazine rings is 1. The molecule has 0 saturated carbocycles. The fourth-order valence-electron chi connectivity index (χ4n) is 4.46. The third-order valence-electron chi connectivity index (χ3n) is 6.52. The molecule has 0 radical (unpaired) electrons. The molecule has 3 aromatic rings. The Labute approximate surface area is 212 Å². The van der Waals surface area contributed by atoms with E-state index in [4.69, 9.17) is 4.74 Å². The van der Waals surface area contributed by atoms with E-state index in [1.54, 1.807) is 13.2 Å². The zero-order chi connectivity index (χ0) is 25.5. The minimum Gasteiger partial charge on any atom is -0.497 e. The smallest absolute Gasteiger partial charge is 0.319 e. The van der Waals surface area contributed by atoms with Crippen LogP contribution < -0.4 is 25.2 Å². The van der Waals surface area contributed by atoms with Crippen LogP contribution in [-0.2, 0) is 0 Å². The summed E-state index contributed by atoms with van der Waals surface area (Å²) in [6.07, 6.45) is 0. The van der Waals surface area contributed by atoms with E-state index in [9.17, 15) is 9.18 Å². The standard InChI is InChI=1S/C28H34FN5O2/c1-32(2)24-11-7-21(8-12-24)27(20-30-28(35)31-23-5-4-6-26(19-23)36-3)34-17-15-33(16-18-34)25-13-9-22(29)10-14-25/h4-14,19,27H,15-18,20H2,1-3H3,(H2,30,31,35). The van der Waals surface area contributed by atoms with Crippen molar-refractivity contribution in [2.24, 2.45) is 0 Å². The summed E-state index contributed by atoms with van der Waals surface area (Å²) in [4.78, 5) is 19.4. The Morgan fingerprint density at radius 1 is 1.00 bits per heavy atom. The van der Waals surface area contributed by atoms with Gasteiger partial charge < -0.3 is 25.2 Å². The Bertz CT molecular complexity index is 1130. The Morgan fingerprint density at radius 3 is 2.33 bits per heavy atom. The number of hydrogen-bond acceptors (Lipinski definition) is 5. The molecule has 4 rings (SSSR count). The number of halogens is 1. The first-order chi connectivity index (χ1) is 17.4.